The number of anilines is 1. The molecule has 20 heavy (non-hydrogen) atoms. The number of ether oxygens (including phenoxy) is 1. The van der Waals surface area contributed by atoms with Crippen molar-refractivity contribution >= 4 is 17.6 Å². The maximum absolute atomic E-state index is 11.8. The first-order valence-corrected chi connectivity index (χ1v) is 6.10. The highest BCUT2D eigenvalue weighted by molar-refractivity contribution is 5.92. The minimum absolute atomic E-state index is 0.0852. The molecule has 1 aromatic heterocycles. The van der Waals surface area contributed by atoms with Crippen LogP contribution in [-0.2, 0) is 9.53 Å². The normalized spacial score (nSPS) is 11.8. The van der Waals surface area contributed by atoms with E-state index in [1.807, 2.05) is 0 Å². The highest BCUT2D eigenvalue weighted by Crippen LogP contribution is 2.10. The molecule has 0 bridgehead atoms. The number of carbonyl (C=O) groups excluding carboxylic acids is 1. The van der Waals surface area contributed by atoms with Crippen LogP contribution in [0.2, 0.25) is 0 Å². The van der Waals surface area contributed by atoms with E-state index >= 15 is 0 Å². The maximum Gasteiger partial charge on any atom is 0.306 e. The first-order valence-electron chi connectivity index (χ1n) is 6.10. The Morgan fingerprint density at radius 1 is 1.50 bits per heavy atom. The smallest absolute Gasteiger partial charge is 0.306 e. The molecule has 0 saturated carbocycles. The standard InChI is InChI=1S/C13H19N3O4/c1-16(2)13(19)11-6-9(4-5-14-11)15-8-10(20-3)7-12(17)18/h4-6,10H,7-8H2,1-3H3,(H,14,15)(H,17,18). The van der Waals surface area contributed by atoms with Gasteiger partial charge in [-0.2, -0.15) is 0 Å². The second-order valence-electron chi connectivity index (χ2n) is 4.47. The van der Waals surface area contributed by atoms with Gasteiger partial charge in [0.25, 0.3) is 5.91 Å². The Bertz CT molecular complexity index is 476. The number of rotatable bonds is 7. The van der Waals surface area contributed by atoms with Crippen LogP contribution in [0.1, 0.15) is 16.9 Å². The number of pyridine rings is 1. The number of amides is 1. The van der Waals surface area contributed by atoms with Crippen molar-refractivity contribution in [1.29, 1.82) is 0 Å². The molecule has 7 nitrogen and oxygen atoms in total. The van der Waals surface area contributed by atoms with Gasteiger partial charge in [0.05, 0.1) is 12.5 Å². The lowest BCUT2D eigenvalue weighted by atomic mass is 10.2. The molecule has 1 unspecified atom stereocenters. The first-order chi connectivity index (χ1) is 9.43. The molecule has 0 saturated heterocycles. The van der Waals surface area contributed by atoms with E-state index in [-0.39, 0.29) is 12.3 Å². The second kappa shape index (κ2) is 7.44. The number of carboxylic acid groups (broad SMARTS) is 1. The first kappa shape index (κ1) is 15.9. The maximum atomic E-state index is 11.8. The number of nitrogens with zero attached hydrogens (tertiary/aromatic N) is 2. The van der Waals surface area contributed by atoms with Crippen LogP contribution >= 0.6 is 0 Å². The number of carbonyl (C=O) groups is 2. The van der Waals surface area contributed by atoms with Gasteiger partial charge in [-0.1, -0.05) is 0 Å². The molecule has 7 heteroatoms. The average molecular weight is 281 g/mol. The van der Waals surface area contributed by atoms with E-state index in [0.29, 0.717) is 17.9 Å². The Morgan fingerprint density at radius 3 is 2.75 bits per heavy atom. The van der Waals surface area contributed by atoms with Crippen LogP contribution < -0.4 is 5.32 Å². The summed E-state index contributed by atoms with van der Waals surface area (Å²) in [6.45, 7) is 0.336. The third kappa shape index (κ3) is 4.85. The second-order valence-corrected chi connectivity index (χ2v) is 4.47. The molecular formula is C13H19N3O4. The highest BCUT2D eigenvalue weighted by atomic mass is 16.5. The Morgan fingerprint density at radius 2 is 2.20 bits per heavy atom. The summed E-state index contributed by atoms with van der Waals surface area (Å²) in [4.78, 5) is 27.8. The summed E-state index contributed by atoms with van der Waals surface area (Å²) in [5, 5.41) is 11.8. The molecule has 0 spiro atoms. The van der Waals surface area contributed by atoms with Crippen molar-refractivity contribution in [2.75, 3.05) is 33.1 Å². The summed E-state index contributed by atoms with van der Waals surface area (Å²) < 4.78 is 5.06. The fraction of sp³-hybridized carbons (Fsp3) is 0.462. The Labute approximate surface area is 117 Å². The predicted octanol–water partition coefficient (Wildman–Crippen LogP) is 0.685. The SMILES string of the molecule is COC(CNc1ccnc(C(=O)N(C)C)c1)CC(=O)O. The zero-order valence-electron chi connectivity index (χ0n) is 11.8. The van der Waals surface area contributed by atoms with Crippen LogP contribution in [0.3, 0.4) is 0 Å². The van der Waals surface area contributed by atoms with Crippen LogP contribution in [0.4, 0.5) is 5.69 Å². The number of hydrogen-bond donors (Lipinski definition) is 2. The lowest BCUT2D eigenvalue weighted by Gasteiger charge is -2.15. The van der Waals surface area contributed by atoms with Gasteiger partial charge in [0.1, 0.15) is 5.69 Å². The van der Waals surface area contributed by atoms with Crippen molar-refractivity contribution < 1.29 is 19.4 Å². The molecule has 0 aliphatic carbocycles. The van der Waals surface area contributed by atoms with Crippen LogP contribution in [-0.4, -0.2) is 60.7 Å². The summed E-state index contributed by atoms with van der Waals surface area (Å²) in [6, 6.07) is 3.33. The zero-order valence-corrected chi connectivity index (χ0v) is 11.8. The van der Waals surface area contributed by atoms with Gasteiger partial charge in [-0.05, 0) is 12.1 Å². The van der Waals surface area contributed by atoms with Crippen molar-refractivity contribution in [3.63, 3.8) is 0 Å². The lowest BCUT2D eigenvalue weighted by molar-refractivity contribution is -0.139. The van der Waals surface area contributed by atoms with Gasteiger partial charge >= 0.3 is 5.97 Å². The molecule has 1 aromatic rings. The molecule has 0 radical (unpaired) electrons. The van der Waals surface area contributed by atoms with E-state index in [2.05, 4.69) is 10.3 Å². The molecule has 1 amide bonds. The molecule has 0 fully saturated rings. The Balaban J connectivity index is 2.66. The molecule has 1 heterocycles. The minimum atomic E-state index is -0.920. The summed E-state index contributed by atoms with van der Waals surface area (Å²) in [7, 11) is 4.76. The van der Waals surface area contributed by atoms with Crippen molar-refractivity contribution in [3.8, 4) is 0 Å². The molecule has 1 rings (SSSR count). The monoisotopic (exact) mass is 281 g/mol. The zero-order chi connectivity index (χ0) is 15.1. The summed E-state index contributed by atoms with van der Waals surface area (Å²) >= 11 is 0. The largest absolute Gasteiger partial charge is 0.481 e. The predicted molar refractivity (Wildman–Crippen MR) is 73.8 cm³/mol. The van der Waals surface area contributed by atoms with Gasteiger partial charge in [0.2, 0.25) is 0 Å². The molecule has 2 N–H and O–H groups in total. The van der Waals surface area contributed by atoms with Crippen LogP contribution in [0, 0.1) is 0 Å². The van der Waals surface area contributed by atoms with Crippen LogP contribution in [0.25, 0.3) is 0 Å². The minimum Gasteiger partial charge on any atom is -0.481 e. The fourth-order valence-electron chi connectivity index (χ4n) is 1.55. The number of methoxy groups -OCH3 is 1. The number of carboxylic acids is 1. The van der Waals surface area contributed by atoms with E-state index in [1.54, 1.807) is 26.2 Å². The van der Waals surface area contributed by atoms with Gasteiger partial charge in [-0.3, -0.25) is 14.6 Å². The average Bonchev–Trinajstić information content (AvgIpc) is 2.42. The summed E-state index contributed by atoms with van der Waals surface area (Å²) in [5.74, 6) is -1.11. The van der Waals surface area contributed by atoms with E-state index in [4.69, 9.17) is 9.84 Å². The number of hydrogen-bond acceptors (Lipinski definition) is 5. The van der Waals surface area contributed by atoms with Crippen LogP contribution in [0.5, 0.6) is 0 Å². The number of aliphatic carboxylic acids is 1. The van der Waals surface area contributed by atoms with Gasteiger partial charge in [0, 0.05) is 39.6 Å². The number of nitrogens with one attached hydrogen (secondary N) is 1. The third-order valence-electron chi connectivity index (χ3n) is 2.65. The van der Waals surface area contributed by atoms with Crippen LogP contribution in [0.15, 0.2) is 18.3 Å². The van der Waals surface area contributed by atoms with Gasteiger partial charge in [-0.15, -0.1) is 0 Å². The van der Waals surface area contributed by atoms with E-state index < -0.39 is 12.1 Å². The summed E-state index contributed by atoms with van der Waals surface area (Å²) in [5.41, 5.74) is 1.02. The molecule has 1 atom stereocenters. The Kier molecular flexibility index (Phi) is 5.92. The molecule has 0 aliphatic heterocycles. The quantitative estimate of drug-likeness (QED) is 0.764. The molecule has 110 valence electrons. The van der Waals surface area contributed by atoms with Crippen molar-refractivity contribution in [2.45, 2.75) is 12.5 Å². The molecule has 0 aromatic carbocycles. The van der Waals surface area contributed by atoms with E-state index in [1.165, 1.54) is 18.2 Å². The number of aromatic nitrogens is 1. The van der Waals surface area contributed by atoms with Gasteiger partial charge in [-0.25, -0.2) is 0 Å². The van der Waals surface area contributed by atoms with Crippen molar-refractivity contribution in [1.82, 2.24) is 9.88 Å². The van der Waals surface area contributed by atoms with Crippen molar-refractivity contribution in [3.05, 3.63) is 24.0 Å². The van der Waals surface area contributed by atoms with Gasteiger partial charge in [0.15, 0.2) is 0 Å². The highest BCUT2D eigenvalue weighted by Gasteiger charge is 2.13. The third-order valence-corrected chi connectivity index (χ3v) is 2.65. The fourth-order valence-corrected chi connectivity index (χ4v) is 1.55. The van der Waals surface area contributed by atoms with Crippen molar-refractivity contribution in [2.24, 2.45) is 0 Å². The Hall–Kier alpha value is -2.15. The lowest BCUT2D eigenvalue weighted by Crippen LogP contribution is -2.25. The molecular weight excluding hydrogens is 262 g/mol. The van der Waals surface area contributed by atoms with Gasteiger partial charge < -0.3 is 20.1 Å². The molecule has 0 aliphatic rings. The summed E-state index contributed by atoms with van der Waals surface area (Å²) in [6.07, 6.45) is 1.00. The van der Waals surface area contributed by atoms with E-state index in [0.717, 1.165) is 0 Å². The topological polar surface area (TPSA) is 91.8 Å². The van der Waals surface area contributed by atoms with E-state index in [9.17, 15) is 9.59 Å².